The van der Waals surface area contributed by atoms with Crippen molar-refractivity contribution < 1.29 is 19.1 Å². The average Bonchev–Trinajstić information content (AvgIpc) is 2.98. The van der Waals surface area contributed by atoms with E-state index in [4.69, 9.17) is 9.47 Å². The van der Waals surface area contributed by atoms with Gasteiger partial charge in [-0.2, -0.15) is 0 Å². The number of hydrogen-bond acceptors (Lipinski definition) is 4. The summed E-state index contributed by atoms with van der Waals surface area (Å²) in [5.74, 6) is 1.43. The van der Waals surface area contributed by atoms with E-state index >= 15 is 0 Å². The number of ether oxygens (including phenoxy) is 2. The van der Waals surface area contributed by atoms with E-state index in [2.05, 4.69) is 0 Å². The number of fused-ring (bicyclic) bond motifs is 4. The first kappa shape index (κ1) is 18.4. The Morgan fingerprint density at radius 2 is 1.85 bits per heavy atom. The number of amides is 3. The van der Waals surface area contributed by atoms with Crippen LogP contribution in [0.1, 0.15) is 23.2 Å². The maximum atomic E-state index is 13.2. The lowest BCUT2D eigenvalue weighted by atomic mass is 9.94. The van der Waals surface area contributed by atoms with E-state index in [-0.39, 0.29) is 18.0 Å². The smallest absolute Gasteiger partial charge is 0.319 e. The van der Waals surface area contributed by atoms with Crippen LogP contribution in [-0.4, -0.2) is 80.6 Å². The van der Waals surface area contributed by atoms with Crippen LogP contribution in [-0.2, 0) is 0 Å². The topological polar surface area (TPSA) is 62.3 Å². The third-order valence-electron chi connectivity index (χ3n) is 5.27. The zero-order valence-electron chi connectivity index (χ0n) is 15.9. The van der Waals surface area contributed by atoms with Crippen LogP contribution in [0.25, 0.3) is 0 Å². The molecule has 3 heterocycles. The van der Waals surface area contributed by atoms with Crippen LogP contribution >= 0.6 is 0 Å². The molecule has 3 aliphatic heterocycles. The lowest BCUT2D eigenvalue weighted by Crippen LogP contribution is -2.48. The van der Waals surface area contributed by atoms with E-state index in [1.807, 2.05) is 9.80 Å². The molecule has 7 heteroatoms. The average molecular weight is 361 g/mol. The first-order chi connectivity index (χ1) is 12.4. The van der Waals surface area contributed by atoms with Crippen LogP contribution < -0.4 is 9.47 Å². The molecule has 0 saturated carbocycles. The Labute approximate surface area is 154 Å². The molecule has 142 valence electrons. The van der Waals surface area contributed by atoms with Gasteiger partial charge in [0.2, 0.25) is 0 Å². The van der Waals surface area contributed by atoms with Crippen molar-refractivity contribution in [2.45, 2.75) is 18.9 Å². The fourth-order valence-electron chi connectivity index (χ4n) is 3.90. The van der Waals surface area contributed by atoms with Crippen LogP contribution in [0, 0.1) is 5.92 Å². The molecule has 1 aromatic carbocycles. The molecule has 0 N–H and O–H groups in total. The molecule has 0 spiro atoms. The molecule has 0 aliphatic carbocycles. The van der Waals surface area contributed by atoms with Gasteiger partial charge in [0.25, 0.3) is 5.91 Å². The monoisotopic (exact) mass is 361 g/mol. The van der Waals surface area contributed by atoms with Gasteiger partial charge in [-0.3, -0.25) is 4.79 Å². The van der Waals surface area contributed by atoms with Crippen molar-refractivity contribution in [3.63, 3.8) is 0 Å². The summed E-state index contributed by atoms with van der Waals surface area (Å²) in [6, 6.07) is 5.30. The minimum atomic E-state index is -0.0432. The highest BCUT2D eigenvalue weighted by molar-refractivity contribution is 5.97. The van der Waals surface area contributed by atoms with Gasteiger partial charge in [0.1, 0.15) is 11.5 Å². The fraction of sp³-hybridized carbons (Fsp3) is 0.579. The minimum Gasteiger partial charge on any atom is -0.497 e. The third-order valence-corrected chi connectivity index (χ3v) is 5.27. The van der Waals surface area contributed by atoms with Crippen molar-refractivity contribution in [2.75, 3.05) is 47.9 Å². The van der Waals surface area contributed by atoms with E-state index in [0.29, 0.717) is 42.6 Å². The number of urea groups is 1. The molecule has 7 nitrogen and oxygen atoms in total. The Bertz CT molecular complexity index is 691. The highest BCUT2D eigenvalue weighted by Crippen LogP contribution is 2.32. The van der Waals surface area contributed by atoms with Crippen molar-refractivity contribution >= 4 is 11.9 Å². The third kappa shape index (κ3) is 3.43. The molecule has 3 amide bonds. The maximum Gasteiger partial charge on any atom is 0.319 e. The molecule has 3 aliphatic rings. The van der Waals surface area contributed by atoms with Crippen molar-refractivity contribution in [3.05, 3.63) is 23.8 Å². The Kier molecular flexibility index (Phi) is 5.25. The van der Waals surface area contributed by atoms with Crippen molar-refractivity contribution in [2.24, 2.45) is 5.92 Å². The van der Waals surface area contributed by atoms with Crippen LogP contribution in [0.3, 0.4) is 0 Å². The number of benzene rings is 1. The number of rotatable bonds is 3. The van der Waals surface area contributed by atoms with Gasteiger partial charge in [0, 0.05) is 45.8 Å². The summed E-state index contributed by atoms with van der Waals surface area (Å²) in [4.78, 5) is 31.0. The van der Waals surface area contributed by atoms with Crippen LogP contribution in [0.4, 0.5) is 4.79 Å². The number of carbonyl (C=O) groups is 2. The first-order valence-electron chi connectivity index (χ1n) is 8.93. The van der Waals surface area contributed by atoms with E-state index < -0.39 is 0 Å². The Morgan fingerprint density at radius 1 is 1.08 bits per heavy atom. The lowest BCUT2D eigenvalue weighted by Gasteiger charge is -2.36. The summed E-state index contributed by atoms with van der Waals surface area (Å²) in [5.41, 5.74) is 0.534. The second-order valence-electron chi connectivity index (χ2n) is 7.20. The van der Waals surface area contributed by atoms with E-state index in [9.17, 15) is 9.59 Å². The van der Waals surface area contributed by atoms with E-state index in [1.54, 1.807) is 51.4 Å². The zero-order chi connectivity index (χ0) is 18.8. The number of nitrogens with zero attached hydrogens (tertiary/aromatic N) is 3. The van der Waals surface area contributed by atoms with Crippen molar-refractivity contribution in [3.8, 4) is 11.5 Å². The van der Waals surface area contributed by atoms with Crippen LogP contribution in [0.5, 0.6) is 11.5 Å². The quantitative estimate of drug-likeness (QED) is 0.825. The molecule has 3 fully saturated rings. The predicted molar refractivity (Wildman–Crippen MR) is 97.8 cm³/mol. The van der Waals surface area contributed by atoms with Crippen molar-refractivity contribution in [1.29, 1.82) is 0 Å². The molecule has 1 aromatic rings. The van der Waals surface area contributed by atoms with E-state index in [0.717, 1.165) is 12.8 Å². The molecule has 2 atom stereocenters. The van der Waals surface area contributed by atoms with Gasteiger partial charge in [-0.15, -0.1) is 0 Å². The number of methoxy groups -OCH3 is 2. The highest BCUT2D eigenvalue weighted by Gasteiger charge is 2.39. The highest BCUT2D eigenvalue weighted by atomic mass is 16.5. The second-order valence-corrected chi connectivity index (χ2v) is 7.20. The molecular weight excluding hydrogens is 334 g/mol. The molecule has 0 aromatic heterocycles. The molecular formula is C19H27N3O4. The minimum absolute atomic E-state index is 0.0122. The summed E-state index contributed by atoms with van der Waals surface area (Å²) in [7, 11) is 6.67. The summed E-state index contributed by atoms with van der Waals surface area (Å²) in [6.45, 7) is 1.96. The first-order valence-corrected chi connectivity index (χ1v) is 8.93. The maximum absolute atomic E-state index is 13.2. The molecule has 0 unspecified atom stereocenters. The Hall–Kier alpha value is -2.44. The van der Waals surface area contributed by atoms with Gasteiger partial charge in [-0.1, -0.05) is 0 Å². The summed E-state index contributed by atoms with van der Waals surface area (Å²) >= 11 is 0. The van der Waals surface area contributed by atoms with Gasteiger partial charge < -0.3 is 24.2 Å². The van der Waals surface area contributed by atoms with Crippen LogP contribution in [0.15, 0.2) is 18.2 Å². The predicted octanol–water partition coefficient (Wildman–Crippen LogP) is 1.92. The van der Waals surface area contributed by atoms with Crippen molar-refractivity contribution in [1.82, 2.24) is 14.7 Å². The SMILES string of the molecule is COc1ccc(C(=O)N2C[C@@H]3CC[C@H]2CN(C(=O)N(C)C)C3)c(OC)c1. The number of hydrogen-bond donors (Lipinski definition) is 0. The van der Waals surface area contributed by atoms with Gasteiger partial charge in [-0.25, -0.2) is 4.79 Å². The molecule has 0 radical (unpaired) electrons. The summed E-state index contributed by atoms with van der Waals surface area (Å²) < 4.78 is 10.6. The van der Waals surface area contributed by atoms with E-state index in [1.165, 1.54) is 0 Å². The summed E-state index contributed by atoms with van der Waals surface area (Å²) in [6.07, 6.45) is 1.97. The normalized spacial score (nSPS) is 22.0. The van der Waals surface area contributed by atoms with Gasteiger partial charge in [-0.05, 0) is 30.9 Å². The Balaban J connectivity index is 1.84. The van der Waals surface area contributed by atoms with Crippen LogP contribution in [0.2, 0.25) is 0 Å². The number of carbonyl (C=O) groups excluding carboxylic acids is 2. The second kappa shape index (κ2) is 7.43. The largest absolute Gasteiger partial charge is 0.497 e. The van der Waals surface area contributed by atoms with Gasteiger partial charge in [0.05, 0.1) is 19.8 Å². The lowest BCUT2D eigenvalue weighted by molar-refractivity contribution is 0.0582. The molecule has 3 saturated heterocycles. The number of piperidine rings is 1. The van der Waals surface area contributed by atoms with Gasteiger partial charge in [0.15, 0.2) is 0 Å². The summed E-state index contributed by atoms with van der Waals surface area (Å²) in [5, 5.41) is 0. The molecule has 26 heavy (non-hydrogen) atoms. The fourth-order valence-corrected chi connectivity index (χ4v) is 3.90. The Morgan fingerprint density at radius 3 is 2.50 bits per heavy atom. The molecule has 2 bridgehead atoms. The van der Waals surface area contributed by atoms with Gasteiger partial charge >= 0.3 is 6.03 Å². The standard InChI is InChI=1S/C19H27N3O4/c1-20(2)19(24)21-10-13-5-6-14(12-21)22(11-13)18(23)16-8-7-15(25-3)9-17(16)26-4/h7-9,13-14H,5-6,10-12H2,1-4H3/t13-,14+/m1/s1. The zero-order valence-corrected chi connectivity index (χ0v) is 15.9. The molecule has 4 rings (SSSR count).